The zero-order valence-electron chi connectivity index (χ0n) is 18.4. The van der Waals surface area contributed by atoms with E-state index in [0.29, 0.717) is 22.6 Å². The number of hydrogen-bond donors (Lipinski definition) is 0. The molecule has 0 aliphatic heterocycles. The number of rotatable bonds is 8. The molecule has 4 rings (SSSR count). The minimum Gasteiger partial charge on any atom is -0.495 e. The third kappa shape index (κ3) is 4.71. The number of nitrogens with zero attached hydrogens (tertiary/aromatic N) is 2. The first-order chi connectivity index (χ1) is 15.8. The first-order valence-electron chi connectivity index (χ1n) is 10.6. The van der Waals surface area contributed by atoms with Gasteiger partial charge in [-0.25, -0.2) is 12.8 Å². The summed E-state index contributed by atoms with van der Waals surface area (Å²) in [6.07, 6.45) is 1.74. The molecule has 0 aromatic heterocycles. The minimum absolute atomic E-state index is 0.0551. The van der Waals surface area contributed by atoms with Crippen molar-refractivity contribution in [1.29, 1.82) is 0 Å². The van der Waals surface area contributed by atoms with E-state index in [1.807, 2.05) is 0 Å². The molecule has 1 aliphatic rings. The molecule has 8 heteroatoms. The van der Waals surface area contributed by atoms with Gasteiger partial charge in [-0.1, -0.05) is 30.3 Å². The Balaban J connectivity index is 1.56. The zero-order valence-corrected chi connectivity index (χ0v) is 19.3. The number of halogens is 1. The second-order valence-corrected chi connectivity index (χ2v) is 9.89. The van der Waals surface area contributed by atoms with Gasteiger partial charge >= 0.3 is 0 Å². The molecule has 3 aromatic rings. The van der Waals surface area contributed by atoms with Crippen LogP contribution in [0, 0.1) is 5.82 Å². The molecule has 6 nitrogen and oxygen atoms in total. The lowest BCUT2D eigenvalue weighted by molar-refractivity contribution is 0.0728. The third-order valence-corrected chi connectivity index (χ3v) is 7.52. The van der Waals surface area contributed by atoms with Crippen LogP contribution in [0.25, 0.3) is 0 Å². The van der Waals surface area contributed by atoms with Crippen LogP contribution in [0.4, 0.5) is 10.1 Å². The van der Waals surface area contributed by atoms with Crippen molar-refractivity contribution in [3.8, 4) is 5.75 Å². The van der Waals surface area contributed by atoms with Crippen molar-refractivity contribution >= 4 is 21.6 Å². The van der Waals surface area contributed by atoms with Crippen molar-refractivity contribution in [2.24, 2.45) is 0 Å². The van der Waals surface area contributed by atoms with Gasteiger partial charge in [-0.15, -0.1) is 0 Å². The predicted molar refractivity (Wildman–Crippen MR) is 124 cm³/mol. The Kier molecular flexibility index (Phi) is 6.37. The molecule has 1 fully saturated rings. The summed E-state index contributed by atoms with van der Waals surface area (Å²) in [5.41, 5.74) is 1.22. The number of sulfonamides is 1. The molecule has 172 valence electrons. The number of para-hydroxylation sites is 2. The highest BCUT2D eigenvalue weighted by Crippen LogP contribution is 2.32. The van der Waals surface area contributed by atoms with Gasteiger partial charge in [0.25, 0.3) is 15.9 Å². The molecule has 0 spiro atoms. The van der Waals surface area contributed by atoms with Crippen molar-refractivity contribution in [3.63, 3.8) is 0 Å². The summed E-state index contributed by atoms with van der Waals surface area (Å²) in [4.78, 5) is 14.9. The molecule has 33 heavy (non-hydrogen) atoms. The quantitative estimate of drug-likeness (QED) is 0.490. The van der Waals surface area contributed by atoms with E-state index >= 15 is 0 Å². The standard InChI is InChI=1S/C25H25FN2O4S/c1-27(23-9-5-6-10-24(23)32-2)33(30,31)21-15-11-18(12-16-21)25(29)28(20-13-14-20)17-19-7-3-4-8-22(19)26/h3-12,15-16,20H,13-14,17H2,1-2H3. The van der Waals surface area contributed by atoms with Crippen molar-refractivity contribution in [2.75, 3.05) is 18.5 Å². The van der Waals surface area contributed by atoms with E-state index in [1.54, 1.807) is 47.4 Å². The Hall–Kier alpha value is -3.39. The molecular weight excluding hydrogens is 443 g/mol. The second-order valence-electron chi connectivity index (χ2n) is 7.92. The molecule has 0 radical (unpaired) electrons. The molecule has 0 heterocycles. The van der Waals surface area contributed by atoms with Crippen molar-refractivity contribution < 1.29 is 22.3 Å². The largest absolute Gasteiger partial charge is 0.495 e. The summed E-state index contributed by atoms with van der Waals surface area (Å²) < 4.78 is 46.9. The van der Waals surface area contributed by atoms with E-state index in [0.717, 1.165) is 17.1 Å². The Morgan fingerprint density at radius 1 is 1.00 bits per heavy atom. The van der Waals surface area contributed by atoms with Crippen LogP contribution < -0.4 is 9.04 Å². The highest BCUT2D eigenvalue weighted by molar-refractivity contribution is 7.92. The lowest BCUT2D eigenvalue weighted by Gasteiger charge is -2.24. The summed E-state index contributed by atoms with van der Waals surface area (Å²) in [6, 6.07) is 19.1. The van der Waals surface area contributed by atoms with Crippen molar-refractivity contribution in [1.82, 2.24) is 4.90 Å². The Morgan fingerprint density at radius 3 is 2.27 bits per heavy atom. The van der Waals surface area contributed by atoms with Crippen LogP contribution in [-0.4, -0.2) is 39.4 Å². The lowest BCUT2D eigenvalue weighted by atomic mass is 10.1. The molecule has 0 unspecified atom stereocenters. The first kappa shape index (κ1) is 22.8. The molecule has 1 aliphatic carbocycles. The Labute approximate surface area is 193 Å². The topological polar surface area (TPSA) is 66.9 Å². The molecule has 1 saturated carbocycles. The van der Waals surface area contributed by atoms with Gasteiger partial charge in [-0.3, -0.25) is 9.10 Å². The van der Waals surface area contributed by atoms with E-state index in [9.17, 15) is 17.6 Å². The first-order valence-corrected chi connectivity index (χ1v) is 12.0. The van der Waals surface area contributed by atoms with Crippen LogP contribution in [0.5, 0.6) is 5.75 Å². The van der Waals surface area contributed by atoms with Crippen LogP contribution in [0.1, 0.15) is 28.8 Å². The van der Waals surface area contributed by atoms with Crippen LogP contribution in [0.3, 0.4) is 0 Å². The number of benzene rings is 3. The number of anilines is 1. The van der Waals surface area contributed by atoms with Crippen molar-refractivity contribution in [3.05, 3.63) is 89.7 Å². The van der Waals surface area contributed by atoms with Gasteiger partial charge in [0.05, 0.1) is 17.7 Å². The number of amides is 1. The fraction of sp³-hybridized carbons (Fsp3) is 0.240. The fourth-order valence-corrected chi connectivity index (χ4v) is 4.88. The average Bonchev–Trinajstić information content (AvgIpc) is 3.68. The van der Waals surface area contributed by atoms with Gasteiger partial charge in [-0.2, -0.15) is 0 Å². The number of hydrogen-bond acceptors (Lipinski definition) is 4. The summed E-state index contributed by atoms with van der Waals surface area (Å²) in [6.45, 7) is 0.173. The Morgan fingerprint density at radius 2 is 1.64 bits per heavy atom. The summed E-state index contributed by atoms with van der Waals surface area (Å²) >= 11 is 0. The maximum atomic E-state index is 14.1. The molecule has 3 aromatic carbocycles. The van der Waals surface area contributed by atoms with Gasteiger partial charge < -0.3 is 9.64 Å². The van der Waals surface area contributed by atoms with E-state index in [-0.39, 0.29) is 29.2 Å². The number of ether oxygens (including phenoxy) is 1. The average molecular weight is 469 g/mol. The monoisotopic (exact) mass is 468 g/mol. The van der Waals surface area contributed by atoms with Gasteiger partial charge in [-0.05, 0) is 55.3 Å². The van der Waals surface area contributed by atoms with E-state index in [4.69, 9.17) is 4.74 Å². The summed E-state index contributed by atoms with van der Waals surface area (Å²) in [5, 5.41) is 0. The molecule has 0 saturated heterocycles. The lowest BCUT2D eigenvalue weighted by Crippen LogP contribution is -2.33. The van der Waals surface area contributed by atoms with Crippen LogP contribution in [0.15, 0.2) is 77.7 Å². The van der Waals surface area contributed by atoms with Gasteiger partial charge in [0.2, 0.25) is 0 Å². The smallest absolute Gasteiger partial charge is 0.264 e. The predicted octanol–water partition coefficient (Wildman–Crippen LogP) is 4.46. The zero-order chi connectivity index (χ0) is 23.6. The second kappa shape index (κ2) is 9.23. The van der Waals surface area contributed by atoms with Crippen LogP contribution >= 0.6 is 0 Å². The maximum absolute atomic E-state index is 14.1. The fourth-order valence-electron chi connectivity index (χ4n) is 3.68. The number of carbonyl (C=O) groups is 1. The SMILES string of the molecule is COc1ccccc1N(C)S(=O)(=O)c1ccc(C(=O)N(Cc2ccccc2F)C2CC2)cc1. The molecule has 0 N–H and O–H groups in total. The molecular formula is C25H25FN2O4S. The minimum atomic E-state index is -3.87. The highest BCUT2D eigenvalue weighted by Gasteiger charge is 2.34. The summed E-state index contributed by atoms with van der Waals surface area (Å²) in [7, 11) is -0.934. The van der Waals surface area contributed by atoms with E-state index in [2.05, 4.69) is 0 Å². The number of methoxy groups -OCH3 is 1. The van der Waals surface area contributed by atoms with Gasteiger partial charge in [0.1, 0.15) is 11.6 Å². The number of carbonyl (C=O) groups excluding carboxylic acids is 1. The maximum Gasteiger partial charge on any atom is 0.264 e. The third-order valence-electron chi connectivity index (χ3n) is 5.73. The van der Waals surface area contributed by atoms with Crippen LogP contribution in [0.2, 0.25) is 0 Å². The highest BCUT2D eigenvalue weighted by atomic mass is 32.2. The molecule has 1 amide bonds. The van der Waals surface area contributed by atoms with Crippen LogP contribution in [-0.2, 0) is 16.6 Å². The van der Waals surface area contributed by atoms with Crippen molar-refractivity contribution in [2.45, 2.75) is 30.3 Å². The Bertz CT molecular complexity index is 1260. The van der Waals surface area contributed by atoms with E-state index in [1.165, 1.54) is 44.5 Å². The summed E-state index contributed by atoms with van der Waals surface area (Å²) in [5.74, 6) is -0.164. The molecule has 0 atom stereocenters. The van der Waals surface area contributed by atoms with Gasteiger partial charge in [0.15, 0.2) is 0 Å². The van der Waals surface area contributed by atoms with Gasteiger partial charge in [0, 0.05) is 30.8 Å². The van der Waals surface area contributed by atoms with E-state index < -0.39 is 10.0 Å². The molecule has 0 bridgehead atoms. The normalized spacial score (nSPS) is 13.4.